The maximum atomic E-state index is 6.17. The number of imidazole rings is 1. The highest BCUT2D eigenvalue weighted by Crippen LogP contribution is 2.26. The first-order valence-corrected chi connectivity index (χ1v) is 6.04. The van der Waals surface area contributed by atoms with Gasteiger partial charge in [-0.25, -0.2) is 4.98 Å². The van der Waals surface area contributed by atoms with Crippen LogP contribution in [0.3, 0.4) is 0 Å². The molecule has 0 amide bonds. The third-order valence-electron chi connectivity index (χ3n) is 2.61. The first-order valence-electron chi connectivity index (χ1n) is 5.66. The average Bonchev–Trinajstić information content (AvgIpc) is 2.68. The van der Waals surface area contributed by atoms with Crippen molar-refractivity contribution in [2.75, 3.05) is 13.6 Å². The summed E-state index contributed by atoms with van der Waals surface area (Å²) in [6.45, 7) is 2.95. The maximum absolute atomic E-state index is 6.17. The molecule has 2 aromatic rings. The second kappa shape index (κ2) is 5.34. The minimum absolute atomic E-state index is 0.613. The molecule has 0 atom stereocenters. The van der Waals surface area contributed by atoms with Crippen LogP contribution in [-0.4, -0.2) is 23.6 Å². The van der Waals surface area contributed by atoms with E-state index in [1.54, 1.807) is 0 Å². The summed E-state index contributed by atoms with van der Waals surface area (Å²) in [6.07, 6.45) is 0.849. The Morgan fingerprint density at radius 1 is 1.41 bits per heavy atom. The normalized spacial score (nSPS) is 10.8. The number of nitrogens with one attached hydrogen (secondary N) is 2. The van der Waals surface area contributed by atoms with Gasteiger partial charge in [-0.3, -0.25) is 0 Å². The fraction of sp³-hybridized carbons (Fsp3) is 0.308. The fourth-order valence-corrected chi connectivity index (χ4v) is 2.00. The summed E-state index contributed by atoms with van der Waals surface area (Å²) in [7, 11) is 1.92. The number of nitrogens with zero attached hydrogens (tertiary/aromatic N) is 1. The lowest BCUT2D eigenvalue weighted by molar-refractivity contribution is 0.764. The van der Waals surface area contributed by atoms with Crippen molar-refractivity contribution in [2.24, 2.45) is 0 Å². The van der Waals surface area contributed by atoms with Crippen molar-refractivity contribution in [3.05, 3.63) is 40.8 Å². The van der Waals surface area contributed by atoms with Crippen LogP contribution in [0.4, 0.5) is 0 Å². The van der Waals surface area contributed by atoms with Gasteiger partial charge in [0.25, 0.3) is 0 Å². The Morgan fingerprint density at radius 2 is 2.24 bits per heavy atom. The van der Waals surface area contributed by atoms with Crippen LogP contribution in [0.2, 0.25) is 5.15 Å². The molecule has 1 heterocycles. The van der Waals surface area contributed by atoms with Crippen LogP contribution in [0.5, 0.6) is 0 Å². The minimum Gasteiger partial charge on any atom is -0.332 e. The molecule has 0 unspecified atom stereocenters. The Bertz CT molecular complexity index is 505. The number of halogens is 1. The van der Waals surface area contributed by atoms with Gasteiger partial charge >= 0.3 is 0 Å². The second-order valence-electron chi connectivity index (χ2n) is 4.07. The summed E-state index contributed by atoms with van der Waals surface area (Å²) < 4.78 is 0. The van der Waals surface area contributed by atoms with Crippen LogP contribution in [0, 0.1) is 6.92 Å². The molecule has 0 aliphatic rings. The lowest BCUT2D eigenvalue weighted by Gasteiger charge is -1.98. The number of H-pyrrole nitrogens is 1. The number of aromatic nitrogens is 2. The average molecular weight is 250 g/mol. The van der Waals surface area contributed by atoms with Gasteiger partial charge in [0, 0.05) is 18.5 Å². The summed E-state index contributed by atoms with van der Waals surface area (Å²) in [4.78, 5) is 7.64. The van der Waals surface area contributed by atoms with Gasteiger partial charge in [-0.2, -0.15) is 0 Å². The zero-order valence-corrected chi connectivity index (χ0v) is 10.8. The van der Waals surface area contributed by atoms with E-state index in [-0.39, 0.29) is 0 Å². The number of likely N-dealkylation sites (N-methyl/N-ethyl adjacent to an activating group) is 1. The standard InChI is InChI=1S/C13H16ClN3/c1-9-4-3-5-10(8-9)12-13(14)17-11(16-12)6-7-15-2/h3-5,8,15H,6-7H2,1-2H3,(H,16,17). The fourth-order valence-electron chi connectivity index (χ4n) is 1.74. The quantitative estimate of drug-likeness (QED) is 0.875. The molecule has 0 aliphatic heterocycles. The Balaban J connectivity index is 2.29. The van der Waals surface area contributed by atoms with E-state index in [9.17, 15) is 0 Å². The molecule has 0 spiro atoms. The molecule has 0 saturated heterocycles. The van der Waals surface area contributed by atoms with Crippen molar-refractivity contribution in [1.29, 1.82) is 0 Å². The molecular formula is C13H16ClN3. The number of aryl methyl sites for hydroxylation is 1. The highest BCUT2D eigenvalue weighted by atomic mass is 35.5. The first-order chi connectivity index (χ1) is 8.20. The van der Waals surface area contributed by atoms with Crippen LogP contribution < -0.4 is 5.32 Å². The SMILES string of the molecule is CNCCc1nc(-c2cccc(C)c2)c(Cl)[nH]1. The number of hydrogen-bond acceptors (Lipinski definition) is 2. The minimum atomic E-state index is 0.613. The van der Waals surface area contributed by atoms with Crippen molar-refractivity contribution in [2.45, 2.75) is 13.3 Å². The second-order valence-corrected chi connectivity index (χ2v) is 4.45. The van der Waals surface area contributed by atoms with Crippen molar-refractivity contribution >= 4 is 11.6 Å². The lowest BCUT2D eigenvalue weighted by atomic mass is 10.1. The van der Waals surface area contributed by atoms with E-state index < -0.39 is 0 Å². The lowest BCUT2D eigenvalue weighted by Crippen LogP contribution is -2.11. The van der Waals surface area contributed by atoms with Crippen LogP contribution >= 0.6 is 11.6 Å². The van der Waals surface area contributed by atoms with E-state index in [0.29, 0.717) is 5.15 Å². The molecule has 2 N–H and O–H groups in total. The Morgan fingerprint density at radius 3 is 2.94 bits per heavy atom. The zero-order valence-electron chi connectivity index (χ0n) is 10.0. The number of rotatable bonds is 4. The Hall–Kier alpha value is -1.32. The van der Waals surface area contributed by atoms with Gasteiger partial charge in [0.1, 0.15) is 16.7 Å². The zero-order chi connectivity index (χ0) is 12.3. The smallest absolute Gasteiger partial charge is 0.134 e. The summed E-state index contributed by atoms with van der Waals surface area (Å²) in [5.74, 6) is 0.917. The van der Waals surface area contributed by atoms with Gasteiger partial charge in [-0.1, -0.05) is 35.4 Å². The van der Waals surface area contributed by atoms with E-state index >= 15 is 0 Å². The highest BCUT2D eigenvalue weighted by Gasteiger charge is 2.10. The molecule has 90 valence electrons. The van der Waals surface area contributed by atoms with Crippen LogP contribution in [0.15, 0.2) is 24.3 Å². The summed E-state index contributed by atoms with van der Waals surface area (Å²) >= 11 is 6.17. The monoisotopic (exact) mass is 249 g/mol. The van der Waals surface area contributed by atoms with Crippen molar-refractivity contribution in [3.8, 4) is 11.3 Å². The predicted molar refractivity (Wildman–Crippen MR) is 71.4 cm³/mol. The molecule has 3 nitrogen and oxygen atoms in total. The van der Waals surface area contributed by atoms with E-state index in [2.05, 4.69) is 34.3 Å². The molecule has 0 bridgehead atoms. The van der Waals surface area contributed by atoms with E-state index in [1.165, 1.54) is 5.56 Å². The largest absolute Gasteiger partial charge is 0.332 e. The van der Waals surface area contributed by atoms with Crippen LogP contribution in [0.25, 0.3) is 11.3 Å². The number of hydrogen-bond donors (Lipinski definition) is 2. The number of aromatic amines is 1. The number of benzene rings is 1. The maximum Gasteiger partial charge on any atom is 0.134 e. The Labute approximate surface area is 106 Å². The summed E-state index contributed by atoms with van der Waals surface area (Å²) in [5.41, 5.74) is 3.10. The van der Waals surface area contributed by atoms with Gasteiger partial charge in [-0.05, 0) is 20.0 Å². The van der Waals surface area contributed by atoms with Gasteiger partial charge in [0.15, 0.2) is 0 Å². The van der Waals surface area contributed by atoms with Crippen molar-refractivity contribution in [1.82, 2.24) is 15.3 Å². The van der Waals surface area contributed by atoms with Crippen molar-refractivity contribution < 1.29 is 0 Å². The van der Waals surface area contributed by atoms with E-state index in [0.717, 1.165) is 30.0 Å². The third-order valence-corrected chi connectivity index (χ3v) is 2.89. The predicted octanol–water partition coefficient (Wildman–Crippen LogP) is 2.80. The van der Waals surface area contributed by atoms with Gasteiger partial charge < -0.3 is 10.3 Å². The van der Waals surface area contributed by atoms with Gasteiger partial charge in [-0.15, -0.1) is 0 Å². The first kappa shape index (κ1) is 12.1. The van der Waals surface area contributed by atoms with Crippen LogP contribution in [-0.2, 0) is 6.42 Å². The topological polar surface area (TPSA) is 40.7 Å². The molecule has 17 heavy (non-hydrogen) atoms. The highest BCUT2D eigenvalue weighted by molar-refractivity contribution is 6.31. The molecule has 0 radical (unpaired) electrons. The van der Waals surface area contributed by atoms with E-state index in [1.807, 2.05) is 19.2 Å². The molecule has 2 rings (SSSR count). The van der Waals surface area contributed by atoms with Gasteiger partial charge in [0.05, 0.1) is 0 Å². The van der Waals surface area contributed by atoms with E-state index in [4.69, 9.17) is 11.6 Å². The van der Waals surface area contributed by atoms with Gasteiger partial charge in [0.2, 0.25) is 0 Å². The summed E-state index contributed by atoms with van der Waals surface area (Å²) in [6, 6.07) is 8.19. The molecular weight excluding hydrogens is 234 g/mol. The molecule has 1 aromatic heterocycles. The molecule has 4 heteroatoms. The molecule has 0 saturated carbocycles. The summed E-state index contributed by atoms with van der Waals surface area (Å²) in [5, 5.41) is 3.70. The third kappa shape index (κ3) is 2.87. The molecule has 0 aliphatic carbocycles. The van der Waals surface area contributed by atoms with Crippen molar-refractivity contribution in [3.63, 3.8) is 0 Å². The van der Waals surface area contributed by atoms with Crippen LogP contribution in [0.1, 0.15) is 11.4 Å². The molecule has 0 fully saturated rings. The molecule has 1 aromatic carbocycles. The Kier molecular flexibility index (Phi) is 3.82.